The third-order valence-corrected chi connectivity index (χ3v) is 4.47. The van der Waals surface area contributed by atoms with Crippen LogP contribution in [0.5, 0.6) is 0 Å². The van der Waals surface area contributed by atoms with Gasteiger partial charge < -0.3 is 14.8 Å². The van der Waals surface area contributed by atoms with Gasteiger partial charge in [-0.05, 0) is 38.1 Å². The molecule has 0 aliphatic carbocycles. The average Bonchev–Trinajstić information content (AvgIpc) is 2.61. The Hall–Kier alpha value is -2.31. The van der Waals surface area contributed by atoms with Crippen LogP contribution in [-0.4, -0.2) is 34.4 Å². The summed E-state index contributed by atoms with van der Waals surface area (Å²) in [4.78, 5) is 39.0. The number of aromatic nitrogens is 1. The van der Waals surface area contributed by atoms with E-state index < -0.39 is 11.5 Å². The third-order valence-electron chi connectivity index (χ3n) is 3.90. The molecule has 2 amide bonds. The summed E-state index contributed by atoms with van der Waals surface area (Å²) in [5.41, 5.74) is 0.00382. The second-order valence-electron chi connectivity index (χ2n) is 5.61. The molecule has 0 unspecified atom stereocenters. The highest BCUT2D eigenvalue weighted by Crippen LogP contribution is 2.21. The van der Waals surface area contributed by atoms with Crippen molar-refractivity contribution in [2.45, 2.75) is 13.8 Å². The quantitative estimate of drug-likeness (QED) is 0.842. The molecular weight excluding hydrogens is 377 g/mol. The zero-order chi connectivity index (χ0) is 19.4. The van der Waals surface area contributed by atoms with Crippen LogP contribution in [0.4, 0.5) is 5.69 Å². The summed E-state index contributed by atoms with van der Waals surface area (Å²) < 4.78 is 1.26. The summed E-state index contributed by atoms with van der Waals surface area (Å²) in [5.74, 6) is -0.802. The van der Waals surface area contributed by atoms with Gasteiger partial charge >= 0.3 is 0 Å². The molecule has 0 aliphatic rings. The van der Waals surface area contributed by atoms with Gasteiger partial charge in [-0.25, -0.2) is 0 Å². The second kappa shape index (κ2) is 8.38. The molecule has 0 atom stereocenters. The number of benzene rings is 1. The lowest BCUT2D eigenvalue weighted by Crippen LogP contribution is -2.32. The summed E-state index contributed by atoms with van der Waals surface area (Å²) >= 11 is 11.9. The van der Waals surface area contributed by atoms with Gasteiger partial charge in [-0.3, -0.25) is 14.4 Å². The van der Waals surface area contributed by atoms with E-state index in [0.29, 0.717) is 23.7 Å². The van der Waals surface area contributed by atoms with Crippen molar-refractivity contribution >= 4 is 40.7 Å². The van der Waals surface area contributed by atoms with E-state index in [1.54, 1.807) is 11.0 Å². The molecule has 1 aromatic heterocycles. The first kappa shape index (κ1) is 20.0. The molecule has 1 N–H and O–H groups in total. The lowest BCUT2D eigenvalue weighted by molar-refractivity contribution is 0.0771. The Balaban J connectivity index is 2.40. The first-order valence-corrected chi connectivity index (χ1v) is 8.80. The Kier molecular flexibility index (Phi) is 6.45. The standard InChI is InChI=1S/C18H19Cl2N3O3/c1-4-23(5-2)17(25)11-8-15(18(26)22(3)10-11)21-16(24)13-9-12(19)6-7-14(13)20/h6-10H,4-5H2,1-3H3,(H,21,24). The van der Waals surface area contributed by atoms with Crippen molar-refractivity contribution in [2.75, 3.05) is 18.4 Å². The second-order valence-corrected chi connectivity index (χ2v) is 6.46. The normalized spacial score (nSPS) is 10.5. The van der Waals surface area contributed by atoms with Crippen LogP contribution in [-0.2, 0) is 7.05 Å². The number of amides is 2. The van der Waals surface area contributed by atoms with Crippen molar-refractivity contribution in [1.82, 2.24) is 9.47 Å². The molecule has 0 saturated heterocycles. The van der Waals surface area contributed by atoms with Gasteiger partial charge in [-0.15, -0.1) is 0 Å². The lowest BCUT2D eigenvalue weighted by atomic mass is 10.2. The van der Waals surface area contributed by atoms with E-state index in [9.17, 15) is 14.4 Å². The van der Waals surface area contributed by atoms with Gasteiger partial charge in [0.05, 0.1) is 16.1 Å². The van der Waals surface area contributed by atoms with Crippen molar-refractivity contribution in [3.05, 3.63) is 62.0 Å². The van der Waals surface area contributed by atoms with Gasteiger partial charge in [0.1, 0.15) is 5.69 Å². The number of carbonyl (C=O) groups is 2. The van der Waals surface area contributed by atoms with Crippen LogP contribution in [0.25, 0.3) is 0 Å². The molecule has 0 aliphatic heterocycles. The molecule has 0 saturated carbocycles. The molecule has 1 heterocycles. The monoisotopic (exact) mass is 395 g/mol. The van der Waals surface area contributed by atoms with Crippen LogP contribution < -0.4 is 10.9 Å². The van der Waals surface area contributed by atoms with E-state index in [2.05, 4.69) is 5.32 Å². The van der Waals surface area contributed by atoms with Gasteiger partial charge in [0.15, 0.2) is 0 Å². The molecule has 2 rings (SSSR count). The SMILES string of the molecule is CCN(CC)C(=O)c1cc(NC(=O)c2cc(Cl)ccc2Cl)c(=O)n(C)c1. The predicted molar refractivity (Wildman–Crippen MR) is 103 cm³/mol. The van der Waals surface area contributed by atoms with Gasteiger partial charge in [0.25, 0.3) is 17.4 Å². The topological polar surface area (TPSA) is 71.4 Å². The molecule has 0 fully saturated rings. The maximum Gasteiger partial charge on any atom is 0.274 e. The first-order valence-electron chi connectivity index (χ1n) is 8.04. The Morgan fingerprint density at radius 2 is 1.81 bits per heavy atom. The van der Waals surface area contributed by atoms with Crippen molar-refractivity contribution in [3.63, 3.8) is 0 Å². The molecule has 8 heteroatoms. The summed E-state index contributed by atoms with van der Waals surface area (Å²) in [5, 5.41) is 3.07. The van der Waals surface area contributed by atoms with Crippen LogP contribution in [0.3, 0.4) is 0 Å². The fourth-order valence-electron chi connectivity index (χ4n) is 2.47. The number of aryl methyl sites for hydroxylation is 1. The molecular formula is C18H19Cl2N3O3. The minimum atomic E-state index is -0.581. The van der Waals surface area contributed by atoms with Crippen molar-refractivity contribution in [2.24, 2.45) is 7.05 Å². The number of pyridine rings is 1. The number of hydrogen-bond acceptors (Lipinski definition) is 3. The van der Waals surface area contributed by atoms with Gasteiger partial charge in [0, 0.05) is 31.4 Å². The Bertz CT molecular complexity index is 905. The Morgan fingerprint density at radius 3 is 2.42 bits per heavy atom. The number of rotatable bonds is 5. The largest absolute Gasteiger partial charge is 0.339 e. The zero-order valence-corrected chi connectivity index (χ0v) is 16.2. The molecule has 1 aromatic carbocycles. The van der Waals surface area contributed by atoms with Crippen LogP contribution >= 0.6 is 23.2 Å². The Labute approximate surface area is 161 Å². The Morgan fingerprint density at radius 1 is 1.15 bits per heavy atom. The zero-order valence-electron chi connectivity index (χ0n) is 14.7. The van der Waals surface area contributed by atoms with E-state index in [1.165, 1.54) is 36.0 Å². The maximum absolute atomic E-state index is 12.5. The van der Waals surface area contributed by atoms with Crippen LogP contribution in [0, 0.1) is 0 Å². The number of carbonyl (C=O) groups excluding carboxylic acids is 2. The van der Waals surface area contributed by atoms with Gasteiger partial charge in [-0.2, -0.15) is 0 Å². The third kappa shape index (κ3) is 4.26. The molecule has 138 valence electrons. The first-order chi connectivity index (χ1) is 12.3. The molecule has 0 radical (unpaired) electrons. The van der Waals surface area contributed by atoms with E-state index in [-0.39, 0.29) is 22.2 Å². The molecule has 0 spiro atoms. The average molecular weight is 396 g/mol. The molecule has 0 bridgehead atoms. The van der Waals surface area contributed by atoms with Crippen molar-refractivity contribution in [3.8, 4) is 0 Å². The van der Waals surface area contributed by atoms with Crippen LogP contribution in [0.15, 0.2) is 35.3 Å². The highest BCUT2D eigenvalue weighted by molar-refractivity contribution is 6.36. The lowest BCUT2D eigenvalue weighted by Gasteiger charge is -2.19. The molecule has 6 nitrogen and oxygen atoms in total. The van der Waals surface area contributed by atoms with Gasteiger partial charge in [0.2, 0.25) is 0 Å². The van der Waals surface area contributed by atoms with E-state index >= 15 is 0 Å². The fourth-order valence-corrected chi connectivity index (χ4v) is 2.85. The van der Waals surface area contributed by atoms with E-state index in [1.807, 2.05) is 13.8 Å². The summed E-state index contributed by atoms with van der Waals surface area (Å²) in [7, 11) is 1.52. The smallest absolute Gasteiger partial charge is 0.274 e. The van der Waals surface area contributed by atoms with Crippen molar-refractivity contribution in [1.29, 1.82) is 0 Å². The summed E-state index contributed by atoms with van der Waals surface area (Å²) in [6.07, 6.45) is 1.45. The number of anilines is 1. The number of halogens is 2. The number of nitrogens with zero attached hydrogens (tertiary/aromatic N) is 2. The number of nitrogens with one attached hydrogen (secondary N) is 1. The minimum absolute atomic E-state index is 0.00783. The minimum Gasteiger partial charge on any atom is -0.339 e. The molecule has 2 aromatic rings. The summed E-state index contributed by atoms with van der Waals surface area (Å²) in [6.45, 7) is 4.82. The van der Waals surface area contributed by atoms with Crippen LogP contribution in [0.2, 0.25) is 10.0 Å². The highest BCUT2D eigenvalue weighted by Gasteiger charge is 2.18. The van der Waals surface area contributed by atoms with E-state index in [4.69, 9.17) is 23.2 Å². The fraction of sp³-hybridized carbons (Fsp3) is 0.278. The number of hydrogen-bond donors (Lipinski definition) is 1. The maximum atomic E-state index is 12.5. The van der Waals surface area contributed by atoms with E-state index in [0.717, 1.165) is 0 Å². The van der Waals surface area contributed by atoms with Gasteiger partial charge in [-0.1, -0.05) is 23.2 Å². The van der Waals surface area contributed by atoms with Crippen molar-refractivity contribution < 1.29 is 9.59 Å². The van der Waals surface area contributed by atoms with Crippen LogP contribution in [0.1, 0.15) is 34.6 Å². The predicted octanol–water partition coefficient (Wildman–Crippen LogP) is 3.43. The highest BCUT2D eigenvalue weighted by atomic mass is 35.5. The molecule has 26 heavy (non-hydrogen) atoms. The summed E-state index contributed by atoms with van der Waals surface area (Å²) in [6, 6.07) is 5.84.